The molecule has 1 heterocycles. The zero-order valence-corrected chi connectivity index (χ0v) is 8.59. The van der Waals surface area contributed by atoms with Crippen molar-refractivity contribution in [3.8, 4) is 0 Å². The lowest BCUT2D eigenvalue weighted by Crippen LogP contribution is -2.49. The van der Waals surface area contributed by atoms with E-state index in [4.69, 9.17) is 0 Å². The van der Waals surface area contributed by atoms with E-state index >= 15 is 0 Å². The average Bonchev–Trinajstić information content (AvgIpc) is 2.09. The van der Waals surface area contributed by atoms with Crippen molar-refractivity contribution in [1.29, 1.82) is 0 Å². The number of amides is 2. The first-order chi connectivity index (χ1) is 6.01. The summed E-state index contributed by atoms with van der Waals surface area (Å²) in [5, 5.41) is 0. The highest BCUT2D eigenvalue weighted by molar-refractivity contribution is 5.97. The molecule has 74 valence electrons. The highest BCUT2D eigenvalue weighted by Crippen LogP contribution is 2.33. The molecule has 0 spiro atoms. The maximum Gasteiger partial charge on any atom is 0.235 e. The Hall–Kier alpha value is -0.860. The minimum atomic E-state index is -0.302. The van der Waals surface area contributed by atoms with Crippen LogP contribution < -0.4 is 0 Å². The van der Waals surface area contributed by atoms with Crippen LogP contribution in [0.3, 0.4) is 0 Å². The van der Waals surface area contributed by atoms with Gasteiger partial charge in [-0.1, -0.05) is 13.8 Å². The van der Waals surface area contributed by atoms with Gasteiger partial charge >= 0.3 is 0 Å². The highest BCUT2D eigenvalue weighted by atomic mass is 16.2. The summed E-state index contributed by atoms with van der Waals surface area (Å²) in [6, 6.07) is 0. The molecule has 1 fully saturated rings. The molecule has 0 aliphatic carbocycles. The van der Waals surface area contributed by atoms with Gasteiger partial charge in [0, 0.05) is 18.9 Å². The molecule has 0 aromatic carbocycles. The lowest BCUT2D eigenvalue weighted by molar-refractivity contribution is -0.154. The van der Waals surface area contributed by atoms with Gasteiger partial charge in [-0.15, -0.1) is 0 Å². The third kappa shape index (κ3) is 1.74. The van der Waals surface area contributed by atoms with Gasteiger partial charge in [-0.05, 0) is 19.3 Å². The van der Waals surface area contributed by atoms with E-state index in [1.165, 1.54) is 11.8 Å². The largest absolute Gasteiger partial charge is 0.282 e. The first-order valence-electron chi connectivity index (χ1n) is 4.84. The number of piperidine rings is 1. The van der Waals surface area contributed by atoms with Crippen LogP contribution in [0.5, 0.6) is 0 Å². The molecule has 0 N–H and O–H groups in total. The molecule has 1 aliphatic heterocycles. The number of carbonyl (C=O) groups is 2. The molecular formula is C10H17NO2. The molecule has 1 rings (SSSR count). The molecular weight excluding hydrogens is 166 g/mol. The van der Waals surface area contributed by atoms with Crippen LogP contribution in [0.4, 0.5) is 0 Å². The maximum atomic E-state index is 11.8. The van der Waals surface area contributed by atoms with E-state index in [0.29, 0.717) is 6.54 Å². The summed E-state index contributed by atoms with van der Waals surface area (Å²) < 4.78 is 0. The SMILES string of the molecule is CCC1(C)CCCN(C(C)=O)C1=O. The van der Waals surface area contributed by atoms with Crippen LogP contribution in [0.25, 0.3) is 0 Å². The Bertz CT molecular complexity index is 237. The van der Waals surface area contributed by atoms with Crippen molar-refractivity contribution in [1.82, 2.24) is 4.90 Å². The van der Waals surface area contributed by atoms with E-state index in [0.717, 1.165) is 19.3 Å². The first-order valence-corrected chi connectivity index (χ1v) is 4.84. The number of hydrogen-bond acceptors (Lipinski definition) is 2. The fraction of sp³-hybridized carbons (Fsp3) is 0.800. The Labute approximate surface area is 79.1 Å². The Morgan fingerprint density at radius 2 is 2.23 bits per heavy atom. The molecule has 0 aromatic rings. The molecule has 13 heavy (non-hydrogen) atoms. The Kier molecular flexibility index (Phi) is 2.74. The highest BCUT2D eigenvalue weighted by Gasteiger charge is 2.39. The van der Waals surface area contributed by atoms with Gasteiger partial charge in [-0.2, -0.15) is 0 Å². The van der Waals surface area contributed by atoms with Crippen LogP contribution in [-0.4, -0.2) is 23.3 Å². The quantitative estimate of drug-likeness (QED) is 0.618. The standard InChI is InChI=1S/C10H17NO2/c1-4-10(3)6-5-7-11(8(2)12)9(10)13/h4-7H2,1-3H3. The summed E-state index contributed by atoms with van der Waals surface area (Å²) in [5.41, 5.74) is -0.302. The number of rotatable bonds is 1. The van der Waals surface area contributed by atoms with Gasteiger partial charge in [0.2, 0.25) is 11.8 Å². The zero-order valence-electron chi connectivity index (χ0n) is 8.59. The van der Waals surface area contributed by atoms with Crippen molar-refractivity contribution < 1.29 is 9.59 Å². The number of imide groups is 1. The van der Waals surface area contributed by atoms with Crippen molar-refractivity contribution in [2.45, 2.75) is 40.0 Å². The van der Waals surface area contributed by atoms with Gasteiger partial charge in [-0.3, -0.25) is 14.5 Å². The lowest BCUT2D eigenvalue weighted by Gasteiger charge is -2.37. The topological polar surface area (TPSA) is 37.4 Å². The van der Waals surface area contributed by atoms with Crippen molar-refractivity contribution in [3.05, 3.63) is 0 Å². The predicted molar refractivity (Wildman–Crippen MR) is 50.0 cm³/mol. The molecule has 0 bridgehead atoms. The number of carbonyl (C=O) groups excluding carboxylic acids is 2. The summed E-state index contributed by atoms with van der Waals surface area (Å²) in [4.78, 5) is 24.3. The third-order valence-corrected chi connectivity index (χ3v) is 3.03. The molecule has 0 radical (unpaired) electrons. The van der Waals surface area contributed by atoms with Crippen molar-refractivity contribution >= 4 is 11.8 Å². The van der Waals surface area contributed by atoms with E-state index in [-0.39, 0.29) is 17.2 Å². The summed E-state index contributed by atoms with van der Waals surface area (Å²) in [6.45, 7) is 6.01. The number of likely N-dealkylation sites (tertiary alicyclic amines) is 1. The first kappa shape index (κ1) is 10.2. The smallest absolute Gasteiger partial charge is 0.235 e. The van der Waals surface area contributed by atoms with Gasteiger partial charge in [0.15, 0.2) is 0 Å². The normalized spacial score (nSPS) is 29.2. The van der Waals surface area contributed by atoms with Gasteiger partial charge in [-0.25, -0.2) is 0 Å². The van der Waals surface area contributed by atoms with E-state index in [1.54, 1.807) is 0 Å². The minimum absolute atomic E-state index is 0.00810. The second kappa shape index (κ2) is 3.48. The van der Waals surface area contributed by atoms with Crippen LogP contribution >= 0.6 is 0 Å². The second-order valence-corrected chi connectivity index (χ2v) is 3.99. The van der Waals surface area contributed by atoms with Crippen LogP contribution in [0.15, 0.2) is 0 Å². The van der Waals surface area contributed by atoms with Gasteiger partial charge in [0.1, 0.15) is 0 Å². The Balaban J connectivity index is 2.83. The maximum absolute atomic E-state index is 11.8. The average molecular weight is 183 g/mol. The Morgan fingerprint density at radius 3 is 2.69 bits per heavy atom. The monoisotopic (exact) mass is 183 g/mol. The predicted octanol–water partition coefficient (Wildman–Crippen LogP) is 1.57. The van der Waals surface area contributed by atoms with E-state index in [2.05, 4.69) is 0 Å². The van der Waals surface area contributed by atoms with Crippen molar-refractivity contribution in [3.63, 3.8) is 0 Å². The van der Waals surface area contributed by atoms with Crippen LogP contribution in [0, 0.1) is 5.41 Å². The Morgan fingerprint density at radius 1 is 1.62 bits per heavy atom. The molecule has 0 aromatic heterocycles. The molecule has 3 heteroatoms. The summed E-state index contributed by atoms with van der Waals surface area (Å²) in [5.74, 6) is -0.113. The molecule has 1 unspecified atom stereocenters. The molecule has 1 saturated heterocycles. The molecule has 3 nitrogen and oxygen atoms in total. The minimum Gasteiger partial charge on any atom is -0.282 e. The summed E-state index contributed by atoms with van der Waals surface area (Å²) in [7, 11) is 0. The zero-order chi connectivity index (χ0) is 10.1. The summed E-state index contributed by atoms with van der Waals surface area (Å²) >= 11 is 0. The second-order valence-electron chi connectivity index (χ2n) is 3.99. The molecule has 1 aliphatic rings. The van der Waals surface area contributed by atoms with Crippen molar-refractivity contribution in [2.24, 2.45) is 5.41 Å². The third-order valence-electron chi connectivity index (χ3n) is 3.03. The fourth-order valence-corrected chi connectivity index (χ4v) is 1.79. The van der Waals surface area contributed by atoms with Gasteiger partial charge < -0.3 is 0 Å². The molecule has 1 atom stereocenters. The number of nitrogens with zero attached hydrogens (tertiary/aromatic N) is 1. The van der Waals surface area contributed by atoms with Gasteiger partial charge in [0.25, 0.3) is 0 Å². The van der Waals surface area contributed by atoms with Crippen LogP contribution in [0.1, 0.15) is 40.0 Å². The molecule has 2 amide bonds. The lowest BCUT2D eigenvalue weighted by atomic mass is 9.79. The van der Waals surface area contributed by atoms with Crippen LogP contribution in [-0.2, 0) is 9.59 Å². The number of hydrogen-bond donors (Lipinski definition) is 0. The van der Waals surface area contributed by atoms with E-state index < -0.39 is 0 Å². The van der Waals surface area contributed by atoms with Crippen LogP contribution in [0.2, 0.25) is 0 Å². The van der Waals surface area contributed by atoms with E-state index in [1.807, 2.05) is 13.8 Å². The van der Waals surface area contributed by atoms with Crippen molar-refractivity contribution in [2.75, 3.05) is 6.54 Å². The molecule has 0 saturated carbocycles. The van der Waals surface area contributed by atoms with E-state index in [9.17, 15) is 9.59 Å². The summed E-state index contributed by atoms with van der Waals surface area (Å²) in [6.07, 6.45) is 2.66. The fourth-order valence-electron chi connectivity index (χ4n) is 1.79. The van der Waals surface area contributed by atoms with Gasteiger partial charge in [0.05, 0.1) is 0 Å².